The van der Waals surface area contributed by atoms with Gasteiger partial charge in [-0.25, -0.2) is 0 Å². The fourth-order valence-corrected chi connectivity index (χ4v) is 0.980. The van der Waals surface area contributed by atoms with Gasteiger partial charge >= 0.3 is 5.97 Å². The average molecular weight is 222 g/mol. The highest BCUT2D eigenvalue weighted by Gasteiger charge is 1.99. The highest BCUT2D eigenvalue weighted by atomic mass is 16.5. The average Bonchev–Trinajstić information content (AvgIpc) is 2.38. The Kier molecular flexibility index (Phi) is 7.76. The monoisotopic (exact) mass is 222 g/mol. The van der Waals surface area contributed by atoms with Gasteiger partial charge in [0.1, 0.15) is 6.29 Å². The van der Waals surface area contributed by atoms with E-state index < -0.39 is 0 Å². The van der Waals surface area contributed by atoms with E-state index >= 15 is 0 Å². The highest BCUT2D eigenvalue weighted by Crippen LogP contribution is 2.10. The third-order valence-electron chi connectivity index (χ3n) is 2.05. The fraction of sp³-hybridized carbons (Fsp3) is 0.385. The number of esters is 1. The molecule has 0 fully saturated rings. The number of rotatable bonds is 3. The predicted octanol–water partition coefficient (Wildman–Crippen LogP) is 2.56. The van der Waals surface area contributed by atoms with E-state index in [2.05, 4.69) is 4.74 Å². The Labute approximate surface area is 96.4 Å². The lowest BCUT2D eigenvalue weighted by Crippen LogP contribution is -1.94. The summed E-state index contributed by atoms with van der Waals surface area (Å²) in [5.74, 6) is -0.129. The van der Waals surface area contributed by atoms with Gasteiger partial charge < -0.3 is 9.53 Å². The number of carbonyl (C=O) groups is 2. The third-order valence-corrected chi connectivity index (χ3v) is 2.05. The second kappa shape index (κ2) is 8.65. The summed E-state index contributed by atoms with van der Waals surface area (Å²) in [5.41, 5.74) is 1.08. The van der Waals surface area contributed by atoms with Crippen LogP contribution in [0.5, 0.6) is 0 Å². The molecule has 0 heterocycles. The molecule has 16 heavy (non-hydrogen) atoms. The standard InChI is InChI=1S/C9H10O.C4H8O2/c1-8(7-10)9-5-3-2-4-6-9;1-3-4(5)6-2/h2-8H,1H3;3H2,1-2H3/t8-;/m0./s1. The molecule has 0 unspecified atom stereocenters. The lowest BCUT2D eigenvalue weighted by Gasteiger charge is -2.00. The summed E-state index contributed by atoms with van der Waals surface area (Å²) in [6.45, 7) is 3.65. The van der Waals surface area contributed by atoms with Crippen molar-refractivity contribution in [3.05, 3.63) is 35.9 Å². The number of carbonyl (C=O) groups excluding carboxylic acids is 2. The van der Waals surface area contributed by atoms with Crippen LogP contribution in [-0.4, -0.2) is 19.4 Å². The molecule has 0 aromatic heterocycles. The van der Waals surface area contributed by atoms with Crippen LogP contribution < -0.4 is 0 Å². The van der Waals surface area contributed by atoms with Crippen LogP contribution in [0.1, 0.15) is 31.7 Å². The maximum atomic E-state index is 10.3. The molecule has 0 bridgehead atoms. The van der Waals surface area contributed by atoms with E-state index in [1.54, 1.807) is 6.92 Å². The molecule has 3 nitrogen and oxygen atoms in total. The Morgan fingerprint density at radius 3 is 2.25 bits per heavy atom. The van der Waals surface area contributed by atoms with Crippen LogP contribution in [0.2, 0.25) is 0 Å². The quantitative estimate of drug-likeness (QED) is 0.583. The number of hydrogen-bond donors (Lipinski definition) is 0. The Morgan fingerprint density at radius 1 is 1.38 bits per heavy atom. The Bertz CT molecular complexity index is 300. The van der Waals surface area contributed by atoms with Gasteiger partial charge in [0, 0.05) is 12.3 Å². The number of ether oxygens (including phenoxy) is 1. The van der Waals surface area contributed by atoms with E-state index in [1.807, 2.05) is 37.3 Å². The second-order valence-corrected chi connectivity index (χ2v) is 3.27. The van der Waals surface area contributed by atoms with Gasteiger partial charge in [-0.05, 0) is 5.56 Å². The van der Waals surface area contributed by atoms with Crippen LogP contribution >= 0.6 is 0 Å². The minimum absolute atomic E-state index is 0.0289. The van der Waals surface area contributed by atoms with Crippen molar-refractivity contribution in [3.8, 4) is 0 Å². The molecule has 1 aromatic rings. The molecule has 0 saturated carbocycles. The van der Waals surface area contributed by atoms with Gasteiger partial charge in [0.25, 0.3) is 0 Å². The van der Waals surface area contributed by atoms with E-state index in [9.17, 15) is 9.59 Å². The van der Waals surface area contributed by atoms with Crippen LogP contribution in [-0.2, 0) is 14.3 Å². The number of benzene rings is 1. The van der Waals surface area contributed by atoms with Crippen LogP contribution in [0.15, 0.2) is 30.3 Å². The second-order valence-electron chi connectivity index (χ2n) is 3.27. The van der Waals surface area contributed by atoms with E-state index in [1.165, 1.54) is 7.11 Å². The first-order chi connectivity index (χ1) is 7.65. The Balaban J connectivity index is 0.000000325. The van der Waals surface area contributed by atoms with Gasteiger partial charge in [-0.1, -0.05) is 44.2 Å². The van der Waals surface area contributed by atoms with Gasteiger partial charge in [-0.15, -0.1) is 0 Å². The summed E-state index contributed by atoms with van der Waals surface area (Å²) < 4.78 is 4.26. The van der Waals surface area contributed by atoms with Crippen LogP contribution in [0.3, 0.4) is 0 Å². The lowest BCUT2D eigenvalue weighted by molar-refractivity contribution is -0.140. The summed E-state index contributed by atoms with van der Waals surface area (Å²) in [6, 6.07) is 9.74. The molecule has 1 aromatic carbocycles. The topological polar surface area (TPSA) is 43.4 Å². The minimum Gasteiger partial charge on any atom is -0.469 e. The van der Waals surface area contributed by atoms with Crippen molar-refractivity contribution in [3.63, 3.8) is 0 Å². The molecule has 1 atom stereocenters. The summed E-state index contributed by atoms with van der Waals surface area (Å²) >= 11 is 0. The molecule has 1 rings (SSSR count). The number of methoxy groups -OCH3 is 1. The Morgan fingerprint density at radius 2 is 1.94 bits per heavy atom. The molecule has 0 aliphatic carbocycles. The molecule has 0 saturated heterocycles. The van der Waals surface area contributed by atoms with Gasteiger partial charge in [0.15, 0.2) is 0 Å². The molecule has 88 valence electrons. The number of hydrogen-bond acceptors (Lipinski definition) is 3. The molecule has 0 amide bonds. The first-order valence-electron chi connectivity index (χ1n) is 5.22. The van der Waals surface area contributed by atoms with Crippen molar-refractivity contribution >= 4 is 12.3 Å². The smallest absolute Gasteiger partial charge is 0.305 e. The summed E-state index contributed by atoms with van der Waals surface area (Å²) in [5, 5.41) is 0. The van der Waals surface area contributed by atoms with Crippen molar-refractivity contribution in [2.24, 2.45) is 0 Å². The third kappa shape index (κ3) is 5.96. The van der Waals surface area contributed by atoms with Gasteiger partial charge in [-0.3, -0.25) is 4.79 Å². The SMILES string of the molecule is CCC(=O)OC.C[C@@H](C=O)c1ccccc1. The Hall–Kier alpha value is -1.64. The van der Waals surface area contributed by atoms with E-state index in [4.69, 9.17) is 0 Å². The van der Waals surface area contributed by atoms with E-state index in [-0.39, 0.29) is 11.9 Å². The van der Waals surface area contributed by atoms with Crippen molar-refractivity contribution in [2.45, 2.75) is 26.2 Å². The van der Waals surface area contributed by atoms with Crippen molar-refractivity contribution in [2.75, 3.05) is 7.11 Å². The molecule has 3 heteroatoms. The van der Waals surface area contributed by atoms with Gasteiger partial charge in [0.2, 0.25) is 0 Å². The zero-order valence-corrected chi connectivity index (χ0v) is 9.97. The fourth-order valence-electron chi connectivity index (χ4n) is 0.980. The molecule has 0 aliphatic heterocycles. The first-order valence-corrected chi connectivity index (χ1v) is 5.22. The van der Waals surface area contributed by atoms with Gasteiger partial charge in [-0.2, -0.15) is 0 Å². The maximum Gasteiger partial charge on any atom is 0.305 e. The predicted molar refractivity (Wildman–Crippen MR) is 63.2 cm³/mol. The molecule has 0 N–H and O–H groups in total. The van der Waals surface area contributed by atoms with Crippen molar-refractivity contribution < 1.29 is 14.3 Å². The molecule has 0 aliphatic rings. The van der Waals surface area contributed by atoms with Crippen molar-refractivity contribution in [1.82, 2.24) is 0 Å². The molecular formula is C13H18O3. The first kappa shape index (κ1) is 14.4. The van der Waals surface area contributed by atoms with Crippen LogP contribution in [0.25, 0.3) is 0 Å². The molecule has 0 radical (unpaired) electrons. The highest BCUT2D eigenvalue weighted by molar-refractivity contribution is 5.68. The largest absolute Gasteiger partial charge is 0.469 e. The molecule has 0 spiro atoms. The summed E-state index contributed by atoms with van der Waals surface area (Å²) in [4.78, 5) is 20.3. The summed E-state index contributed by atoms with van der Waals surface area (Å²) in [7, 11) is 1.38. The zero-order valence-electron chi connectivity index (χ0n) is 9.97. The maximum absolute atomic E-state index is 10.3. The van der Waals surface area contributed by atoms with E-state index in [0.29, 0.717) is 6.42 Å². The minimum atomic E-state index is -0.157. The normalized spacial score (nSPS) is 10.7. The van der Waals surface area contributed by atoms with E-state index in [0.717, 1.165) is 11.8 Å². The number of aldehydes is 1. The van der Waals surface area contributed by atoms with Crippen LogP contribution in [0.4, 0.5) is 0 Å². The summed E-state index contributed by atoms with van der Waals surface area (Å²) in [6.07, 6.45) is 1.42. The lowest BCUT2D eigenvalue weighted by atomic mass is 10.0. The zero-order chi connectivity index (χ0) is 12.4. The van der Waals surface area contributed by atoms with Crippen molar-refractivity contribution in [1.29, 1.82) is 0 Å². The van der Waals surface area contributed by atoms with Crippen LogP contribution in [0, 0.1) is 0 Å². The molecular weight excluding hydrogens is 204 g/mol. The van der Waals surface area contributed by atoms with Gasteiger partial charge in [0.05, 0.1) is 7.11 Å².